The molecule has 0 spiro atoms. The zero-order valence-electron chi connectivity index (χ0n) is 16.0. The fourth-order valence-electron chi connectivity index (χ4n) is 3.21. The fraction of sp³-hybridized carbons (Fsp3) is 0.524. The van der Waals surface area contributed by atoms with Crippen molar-refractivity contribution < 1.29 is 19.1 Å². The molecule has 2 bridgehead atoms. The van der Waals surface area contributed by atoms with E-state index in [1.54, 1.807) is 12.2 Å². The molecule has 1 unspecified atom stereocenters. The van der Waals surface area contributed by atoms with Gasteiger partial charge in [-0.15, -0.1) is 0 Å². The van der Waals surface area contributed by atoms with Gasteiger partial charge in [0.2, 0.25) is 0 Å². The number of hydrogen-bond donors (Lipinski definition) is 0. The van der Waals surface area contributed by atoms with Gasteiger partial charge in [-0.2, -0.15) is 0 Å². The number of amides is 2. The maximum Gasteiger partial charge on any atom is 0.253 e. The number of allylic oxidation sites excluding steroid dienone is 4. The van der Waals surface area contributed by atoms with Crippen molar-refractivity contribution in [2.24, 2.45) is 5.41 Å². The van der Waals surface area contributed by atoms with Gasteiger partial charge in [-0.3, -0.25) is 14.5 Å². The molecule has 1 aliphatic carbocycles. The summed E-state index contributed by atoms with van der Waals surface area (Å²) >= 11 is 0. The van der Waals surface area contributed by atoms with Crippen LogP contribution in [-0.4, -0.2) is 43.1 Å². The molecule has 0 saturated carbocycles. The van der Waals surface area contributed by atoms with Crippen molar-refractivity contribution in [2.75, 3.05) is 26.4 Å². The fourth-order valence-corrected chi connectivity index (χ4v) is 3.21. The van der Waals surface area contributed by atoms with Gasteiger partial charge in [0, 0.05) is 24.5 Å². The number of rotatable bonds is 3. The van der Waals surface area contributed by atoms with Crippen molar-refractivity contribution in [1.29, 1.82) is 0 Å². The van der Waals surface area contributed by atoms with E-state index in [0.29, 0.717) is 32.8 Å². The summed E-state index contributed by atoms with van der Waals surface area (Å²) in [6.07, 6.45) is 13.1. The molecule has 5 nitrogen and oxygen atoms in total. The third kappa shape index (κ3) is 4.94. The highest BCUT2D eigenvalue weighted by Crippen LogP contribution is 2.39. The third-order valence-corrected chi connectivity index (χ3v) is 4.67. The normalized spacial score (nSPS) is 25.3. The smallest absolute Gasteiger partial charge is 0.253 e. The topological polar surface area (TPSA) is 55.8 Å². The minimum absolute atomic E-state index is 0.0864. The van der Waals surface area contributed by atoms with E-state index in [0.717, 1.165) is 24.2 Å². The molecule has 0 aromatic carbocycles. The second-order valence-electron chi connectivity index (χ2n) is 6.40. The number of carbonyl (C=O) groups excluding carboxylic acids is 2. The lowest BCUT2D eigenvalue weighted by molar-refractivity contribution is -0.139. The largest absolute Gasteiger partial charge is 0.495 e. The van der Waals surface area contributed by atoms with Crippen molar-refractivity contribution in [1.82, 2.24) is 4.90 Å². The maximum atomic E-state index is 12.3. The van der Waals surface area contributed by atoms with Crippen molar-refractivity contribution >= 4 is 11.8 Å². The molecule has 3 rings (SSSR count). The van der Waals surface area contributed by atoms with E-state index in [2.05, 4.69) is 13.0 Å². The third-order valence-electron chi connectivity index (χ3n) is 4.67. The van der Waals surface area contributed by atoms with Crippen LogP contribution in [-0.2, 0) is 19.1 Å². The van der Waals surface area contributed by atoms with Crippen LogP contribution in [0, 0.1) is 5.41 Å². The molecule has 1 fully saturated rings. The number of ether oxygens (including phenoxy) is 2. The molecule has 142 valence electrons. The van der Waals surface area contributed by atoms with E-state index < -0.39 is 0 Å². The molecular weight excluding hydrogens is 330 g/mol. The summed E-state index contributed by atoms with van der Waals surface area (Å²) in [6, 6.07) is 0. The molecule has 26 heavy (non-hydrogen) atoms. The van der Waals surface area contributed by atoms with E-state index >= 15 is 0 Å². The lowest BCUT2D eigenvalue weighted by Gasteiger charge is -2.35. The molecule has 1 saturated heterocycles. The first-order valence-electron chi connectivity index (χ1n) is 9.46. The van der Waals surface area contributed by atoms with Gasteiger partial charge in [0.1, 0.15) is 6.61 Å². The van der Waals surface area contributed by atoms with Gasteiger partial charge in [0.05, 0.1) is 19.0 Å². The minimum atomic E-state index is -0.280. The second-order valence-corrected chi connectivity index (χ2v) is 6.40. The van der Waals surface area contributed by atoms with Gasteiger partial charge < -0.3 is 9.47 Å². The average Bonchev–Trinajstić information content (AvgIpc) is 2.66. The SMILES string of the molecule is CC.CCC12C=C(/C=C/C(=O)N3CCC=CC3=O)C=C(C1)OCCOC2. The first kappa shape index (κ1) is 20.2. The van der Waals surface area contributed by atoms with E-state index in [1.807, 2.05) is 19.9 Å². The molecule has 2 heterocycles. The summed E-state index contributed by atoms with van der Waals surface area (Å²) in [6.45, 7) is 8.38. The Labute approximate surface area is 156 Å². The van der Waals surface area contributed by atoms with Crippen LogP contribution in [0.3, 0.4) is 0 Å². The Hall–Kier alpha value is -2.14. The number of hydrogen-bond acceptors (Lipinski definition) is 4. The van der Waals surface area contributed by atoms with Gasteiger partial charge in [0.15, 0.2) is 0 Å². The highest BCUT2D eigenvalue weighted by molar-refractivity contribution is 6.05. The Kier molecular flexibility index (Phi) is 7.39. The van der Waals surface area contributed by atoms with Crippen LogP contribution < -0.4 is 0 Å². The lowest BCUT2D eigenvalue weighted by Crippen LogP contribution is -2.37. The molecule has 5 heteroatoms. The van der Waals surface area contributed by atoms with Crippen LogP contribution in [0.2, 0.25) is 0 Å². The average molecular weight is 359 g/mol. The summed E-state index contributed by atoms with van der Waals surface area (Å²) in [7, 11) is 0. The van der Waals surface area contributed by atoms with E-state index in [1.165, 1.54) is 17.1 Å². The standard InChI is InChI=1S/C19H23NO4.C2H6/c1-2-19-12-15(11-16(13-19)24-10-9-23-14-19)6-7-18(22)20-8-4-3-5-17(20)21;1-2/h3,5-7,11-12H,2,4,8-10,13-14H2,1H3;1-2H3/b7-6+;. The zero-order chi connectivity index (χ0) is 19.0. The van der Waals surface area contributed by atoms with Crippen LogP contribution in [0.5, 0.6) is 0 Å². The summed E-state index contributed by atoms with van der Waals surface area (Å²) in [5.41, 5.74) is 0.841. The quantitative estimate of drug-likeness (QED) is 0.723. The minimum Gasteiger partial charge on any atom is -0.495 e. The van der Waals surface area contributed by atoms with Gasteiger partial charge in [-0.05, 0) is 36.6 Å². The van der Waals surface area contributed by atoms with Crippen molar-refractivity contribution in [3.63, 3.8) is 0 Å². The molecule has 0 radical (unpaired) electrons. The van der Waals surface area contributed by atoms with Gasteiger partial charge in [-0.25, -0.2) is 0 Å². The van der Waals surface area contributed by atoms with E-state index in [9.17, 15) is 9.59 Å². The predicted octanol–water partition coefficient (Wildman–Crippen LogP) is 3.54. The van der Waals surface area contributed by atoms with Crippen molar-refractivity contribution in [3.05, 3.63) is 47.8 Å². The van der Waals surface area contributed by atoms with Gasteiger partial charge in [-0.1, -0.05) is 32.9 Å². The number of fused-ring (bicyclic) bond motifs is 2. The summed E-state index contributed by atoms with van der Waals surface area (Å²) in [4.78, 5) is 25.3. The molecule has 2 amide bonds. The van der Waals surface area contributed by atoms with E-state index in [4.69, 9.17) is 9.47 Å². The Bertz CT molecular complexity index is 644. The molecule has 1 atom stereocenters. The Morgan fingerprint density at radius 3 is 2.88 bits per heavy atom. The summed E-state index contributed by atoms with van der Waals surface area (Å²) in [5, 5.41) is 0. The maximum absolute atomic E-state index is 12.3. The van der Waals surface area contributed by atoms with Crippen molar-refractivity contribution in [3.8, 4) is 0 Å². The lowest BCUT2D eigenvalue weighted by atomic mass is 9.77. The highest BCUT2D eigenvalue weighted by Gasteiger charge is 2.32. The summed E-state index contributed by atoms with van der Waals surface area (Å²) < 4.78 is 11.4. The van der Waals surface area contributed by atoms with Gasteiger partial charge in [0.25, 0.3) is 11.8 Å². The van der Waals surface area contributed by atoms with Gasteiger partial charge >= 0.3 is 0 Å². The Morgan fingerprint density at radius 2 is 2.15 bits per heavy atom. The van der Waals surface area contributed by atoms with Crippen LogP contribution >= 0.6 is 0 Å². The number of nitrogens with zero attached hydrogens (tertiary/aromatic N) is 1. The van der Waals surface area contributed by atoms with Crippen molar-refractivity contribution in [2.45, 2.75) is 40.0 Å². The molecule has 0 aromatic rings. The van der Waals surface area contributed by atoms with Crippen LogP contribution in [0.4, 0.5) is 0 Å². The Balaban J connectivity index is 0.00000117. The first-order valence-corrected chi connectivity index (χ1v) is 9.46. The first-order chi connectivity index (χ1) is 12.6. The zero-order valence-corrected chi connectivity index (χ0v) is 16.0. The molecule has 0 N–H and O–H groups in total. The predicted molar refractivity (Wildman–Crippen MR) is 101 cm³/mol. The molecule has 0 aromatic heterocycles. The van der Waals surface area contributed by atoms with Crippen LogP contribution in [0.25, 0.3) is 0 Å². The second kappa shape index (κ2) is 9.53. The summed E-state index contributed by atoms with van der Waals surface area (Å²) in [5.74, 6) is 0.405. The monoisotopic (exact) mass is 359 g/mol. The molecule has 2 aliphatic heterocycles. The number of carbonyl (C=O) groups is 2. The molecule has 3 aliphatic rings. The van der Waals surface area contributed by atoms with Crippen LogP contribution in [0.1, 0.15) is 40.0 Å². The molecular formula is C21H29NO4. The van der Waals surface area contributed by atoms with Crippen LogP contribution in [0.15, 0.2) is 47.8 Å². The van der Waals surface area contributed by atoms with E-state index in [-0.39, 0.29) is 17.2 Å². The number of imide groups is 1. The highest BCUT2D eigenvalue weighted by atomic mass is 16.5. The Morgan fingerprint density at radius 1 is 1.35 bits per heavy atom.